The molecule has 4 aromatic rings. The Morgan fingerprint density at radius 2 is 1.53 bits per heavy atom. The minimum atomic E-state index is -0.0867. The summed E-state index contributed by atoms with van der Waals surface area (Å²) in [5.74, 6) is 0.650. The van der Waals surface area contributed by atoms with Crippen molar-refractivity contribution in [3.8, 4) is 5.69 Å². The van der Waals surface area contributed by atoms with Crippen LogP contribution in [0, 0.1) is 0 Å². The van der Waals surface area contributed by atoms with E-state index < -0.39 is 0 Å². The number of para-hydroxylation sites is 1. The van der Waals surface area contributed by atoms with E-state index in [4.69, 9.17) is 0 Å². The van der Waals surface area contributed by atoms with Crippen LogP contribution in [0.25, 0.3) is 5.69 Å². The highest BCUT2D eigenvalue weighted by Gasteiger charge is 2.23. The molecule has 0 radical (unpaired) electrons. The maximum absolute atomic E-state index is 13.7. The minimum absolute atomic E-state index is 0.0684. The molecule has 2 heterocycles. The van der Waals surface area contributed by atoms with Gasteiger partial charge in [0.25, 0.3) is 5.56 Å². The zero-order valence-electron chi connectivity index (χ0n) is 21.4. The first-order valence-corrected chi connectivity index (χ1v) is 13.7. The van der Waals surface area contributed by atoms with Gasteiger partial charge < -0.3 is 10.2 Å². The molecular formula is C30H31N5O2S. The van der Waals surface area contributed by atoms with Crippen molar-refractivity contribution in [2.24, 2.45) is 0 Å². The van der Waals surface area contributed by atoms with Gasteiger partial charge in [-0.15, -0.1) is 11.8 Å². The quantitative estimate of drug-likeness (QED) is 0.333. The molecule has 7 nitrogen and oxygen atoms in total. The highest BCUT2D eigenvalue weighted by molar-refractivity contribution is 7.98. The Kier molecular flexibility index (Phi) is 8.21. The van der Waals surface area contributed by atoms with Crippen LogP contribution in [0.2, 0.25) is 0 Å². The highest BCUT2D eigenvalue weighted by Crippen LogP contribution is 2.30. The molecule has 8 heteroatoms. The SMILES string of the molecule is CC(=O)Nc1ccc(CN2CCN(c3cnn(-c4ccccc4)c(=O)c3SCc3ccccc3)CC2)cc1. The zero-order valence-corrected chi connectivity index (χ0v) is 22.2. The number of piperazine rings is 1. The molecule has 38 heavy (non-hydrogen) atoms. The van der Waals surface area contributed by atoms with Crippen LogP contribution in [-0.2, 0) is 17.1 Å². The van der Waals surface area contributed by atoms with Gasteiger partial charge in [0, 0.05) is 51.1 Å². The number of thioether (sulfide) groups is 1. The molecule has 0 atom stereocenters. The van der Waals surface area contributed by atoms with Crippen LogP contribution in [-0.4, -0.2) is 46.8 Å². The fourth-order valence-electron chi connectivity index (χ4n) is 4.57. The van der Waals surface area contributed by atoms with Crippen molar-refractivity contribution in [1.29, 1.82) is 0 Å². The summed E-state index contributed by atoms with van der Waals surface area (Å²) >= 11 is 1.58. The number of anilines is 2. The number of nitrogens with zero attached hydrogens (tertiary/aromatic N) is 4. The lowest BCUT2D eigenvalue weighted by Crippen LogP contribution is -2.46. The van der Waals surface area contributed by atoms with E-state index in [0.717, 1.165) is 60.4 Å². The Bertz CT molecular complexity index is 1420. The van der Waals surface area contributed by atoms with Gasteiger partial charge in [-0.3, -0.25) is 14.5 Å². The summed E-state index contributed by atoms with van der Waals surface area (Å²) in [6, 6.07) is 27.8. The third-order valence-corrected chi connectivity index (χ3v) is 7.69. The maximum atomic E-state index is 13.7. The van der Waals surface area contributed by atoms with Gasteiger partial charge in [-0.25, -0.2) is 0 Å². The Balaban J connectivity index is 1.31. The number of hydrogen-bond acceptors (Lipinski definition) is 6. The minimum Gasteiger partial charge on any atom is -0.367 e. The number of aromatic nitrogens is 2. The third kappa shape index (κ3) is 6.33. The molecular weight excluding hydrogens is 494 g/mol. The summed E-state index contributed by atoms with van der Waals surface area (Å²) in [4.78, 5) is 30.4. The van der Waals surface area contributed by atoms with Gasteiger partial charge >= 0.3 is 0 Å². The maximum Gasteiger partial charge on any atom is 0.287 e. The van der Waals surface area contributed by atoms with E-state index in [1.54, 1.807) is 11.8 Å². The first kappa shape index (κ1) is 25.8. The summed E-state index contributed by atoms with van der Waals surface area (Å²) in [6.07, 6.45) is 1.85. The van der Waals surface area contributed by atoms with Crippen LogP contribution >= 0.6 is 11.8 Å². The average molecular weight is 526 g/mol. The smallest absolute Gasteiger partial charge is 0.287 e. The summed E-state index contributed by atoms with van der Waals surface area (Å²) < 4.78 is 1.50. The molecule has 194 valence electrons. The number of benzene rings is 3. The molecule has 1 fully saturated rings. The number of rotatable bonds is 8. The normalized spacial score (nSPS) is 13.9. The largest absolute Gasteiger partial charge is 0.367 e. The second-order valence-electron chi connectivity index (χ2n) is 9.33. The van der Waals surface area contributed by atoms with Gasteiger partial charge in [0.2, 0.25) is 5.91 Å². The van der Waals surface area contributed by atoms with Gasteiger partial charge in [0.05, 0.1) is 17.6 Å². The van der Waals surface area contributed by atoms with Crippen LogP contribution in [0.3, 0.4) is 0 Å². The molecule has 0 aliphatic carbocycles. The Hall–Kier alpha value is -3.88. The summed E-state index contributed by atoms with van der Waals surface area (Å²) in [6.45, 7) is 5.77. The first-order valence-electron chi connectivity index (χ1n) is 12.7. The van der Waals surface area contributed by atoms with E-state index in [9.17, 15) is 9.59 Å². The fraction of sp³-hybridized carbons (Fsp3) is 0.233. The molecule has 1 aliphatic heterocycles. The molecule has 1 saturated heterocycles. The topological polar surface area (TPSA) is 70.5 Å². The van der Waals surface area contributed by atoms with Crippen LogP contribution in [0.5, 0.6) is 0 Å². The molecule has 3 aromatic carbocycles. The van der Waals surface area contributed by atoms with Gasteiger partial charge in [-0.2, -0.15) is 9.78 Å². The van der Waals surface area contributed by atoms with Crippen LogP contribution in [0.1, 0.15) is 18.1 Å². The van der Waals surface area contributed by atoms with Crippen molar-refractivity contribution < 1.29 is 4.79 Å². The van der Waals surface area contributed by atoms with Gasteiger partial charge in [0.15, 0.2) is 0 Å². The molecule has 1 amide bonds. The monoisotopic (exact) mass is 525 g/mol. The number of carbonyl (C=O) groups is 1. The predicted molar refractivity (Wildman–Crippen MR) is 154 cm³/mol. The van der Waals surface area contributed by atoms with Crippen LogP contribution in [0.4, 0.5) is 11.4 Å². The van der Waals surface area contributed by atoms with E-state index in [2.05, 4.69) is 44.5 Å². The molecule has 0 saturated carbocycles. The van der Waals surface area contributed by atoms with Crippen molar-refractivity contribution in [2.45, 2.75) is 24.1 Å². The number of nitrogens with one attached hydrogen (secondary N) is 1. The number of hydrogen-bond donors (Lipinski definition) is 1. The third-order valence-electron chi connectivity index (χ3n) is 6.53. The molecule has 1 aliphatic rings. The van der Waals surface area contributed by atoms with Crippen molar-refractivity contribution >= 4 is 29.0 Å². The standard InChI is InChI=1S/C30H31N5O2S/c1-23(36)32-26-14-12-24(13-15-26)21-33-16-18-34(19-17-33)28-20-31-35(27-10-6-3-7-11-27)30(37)29(28)38-22-25-8-4-2-5-9-25/h2-15,20H,16-19,21-22H2,1H3,(H,32,36). The van der Waals surface area contributed by atoms with E-state index in [1.165, 1.54) is 22.7 Å². The van der Waals surface area contributed by atoms with Crippen LogP contribution < -0.4 is 15.8 Å². The molecule has 0 spiro atoms. The van der Waals surface area contributed by atoms with Gasteiger partial charge in [0.1, 0.15) is 4.90 Å². The van der Waals surface area contributed by atoms with E-state index >= 15 is 0 Å². The fourth-order valence-corrected chi connectivity index (χ4v) is 5.62. The lowest BCUT2D eigenvalue weighted by Gasteiger charge is -2.36. The highest BCUT2D eigenvalue weighted by atomic mass is 32.2. The van der Waals surface area contributed by atoms with Gasteiger partial charge in [-0.05, 0) is 35.4 Å². The van der Waals surface area contributed by atoms with Gasteiger partial charge in [-0.1, -0.05) is 60.7 Å². The number of amides is 1. The lowest BCUT2D eigenvalue weighted by atomic mass is 10.1. The van der Waals surface area contributed by atoms with E-state index in [-0.39, 0.29) is 11.5 Å². The molecule has 1 aromatic heterocycles. The molecule has 0 bridgehead atoms. The Morgan fingerprint density at radius 1 is 0.868 bits per heavy atom. The number of carbonyl (C=O) groups excluding carboxylic acids is 1. The second-order valence-corrected chi connectivity index (χ2v) is 10.3. The van der Waals surface area contributed by atoms with Crippen molar-refractivity contribution in [3.05, 3.63) is 113 Å². The zero-order chi connectivity index (χ0) is 26.3. The lowest BCUT2D eigenvalue weighted by molar-refractivity contribution is -0.114. The van der Waals surface area contributed by atoms with E-state index in [0.29, 0.717) is 0 Å². The Morgan fingerprint density at radius 3 is 2.18 bits per heavy atom. The average Bonchev–Trinajstić information content (AvgIpc) is 2.94. The predicted octanol–water partition coefficient (Wildman–Crippen LogP) is 4.81. The Labute approximate surface area is 227 Å². The van der Waals surface area contributed by atoms with Crippen molar-refractivity contribution in [3.63, 3.8) is 0 Å². The molecule has 1 N–H and O–H groups in total. The summed E-state index contributed by atoms with van der Waals surface area (Å²) in [7, 11) is 0. The van der Waals surface area contributed by atoms with Crippen molar-refractivity contribution in [2.75, 3.05) is 36.4 Å². The first-order chi connectivity index (χ1) is 18.6. The summed E-state index contributed by atoms with van der Waals surface area (Å²) in [5, 5.41) is 7.37. The molecule has 0 unspecified atom stereocenters. The summed E-state index contributed by atoms with van der Waals surface area (Å²) in [5.41, 5.74) is 4.78. The second kappa shape index (κ2) is 12.1. The van der Waals surface area contributed by atoms with Crippen LogP contribution in [0.15, 0.2) is 101 Å². The van der Waals surface area contributed by atoms with E-state index in [1.807, 2.05) is 66.9 Å². The van der Waals surface area contributed by atoms with Crippen molar-refractivity contribution in [1.82, 2.24) is 14.7 Å². The molecule has 5 rings (SSSR count).